The van der Waals surface area contributed by atoms with Gasteiger partial charge in [0.05, 0.1) is 17.3 Å². The van der Waals surface area contributed by atoms with E-state index in [1.54, 1.807) is 12.1 Å². The maximum atomic E-state index is 12.7. The fourth-order valence-electron chi connectivity index (χ4n) is 1.87. The van der Waals surface area contributed by atoms with Crippen LogP contribution in [0, 0.1) is 12.7 Å². The summed E-state index contributed by atoms with van der Waals surface area (Å²) in [5.41, 5.74) is 1.37. The van der Waals surface area contributed by atoms with E-state index in [0.29, 0.717) is 24.2 Å². The van der Waals surface area contributed by atoms with Crippen LogP contribution in [0.2, 0.25) is 0 Å². The monoisotopic (exact) mass is 296 g/mol. The van der Waals surface area contributed by atoms with Gasteiger partial charge in [0.1, 0.15) is 5.82 Å². The van der Waals surface area contributed by atoms with Crippen molar-refractivity contribution in [1.29, 1.82) is 0 Å². The summed E-state index contributed by atoms with van der Waals surface area (Å²) in [6.07, 6.45) is 2.80. The number of rotatable bonds is 4. The van der Waals surface area contributed by atoms with Crippen molar-refractivity contribution in [1.82, 2.24) is 9.97 Å². The lowest BCUT2D eigenvalue weighted by Gasteiger charge is -2.08. The van der Waals surface area contributed by atoms with E-state index in [1.165, 1.54) is 6.07 Å². The SMILES string of the molecule is Cc1ccc(S(=O)(=O)O)c(CCc2ncc(F)cn2)c1. The summed E-state index contributed by atoms with van der Waals surface area (Å²) in [5.74, 6) is -0.114. The highest BCUT2D eigenvalue weighted by Gasteiger charge is 2.15. The molecule has 1 aromatic carbocycles. The molecule has 0 fully saturated rings. The topological polar surface area (TPSA) is 80.2 Å². The summed E-state index contributed by atoms with van der Waals surface area (Å²) in [4.78, 5) is 7.50. The molecule has 5 nitrogen and oxygen atoms in total. The van der Waals surface area contributed by atoms with E-state index in [4.69, 9.17) is 0 Å². The van der Waals surface area contributed by atoms with Gasteiger partial charge in [-0.05, 0) is 25.0 Å². The van der Waals surface area contributed by atoms with Crippen molar-refractivity contribution in [3.63, 3.8) is 0 Å². The molecule has 0 saturated carbocycles. The quantitative estimate of drug-likeness (QED) is 0.872. The normalized spacial score (nSPS) is 11.6. The van der Waals surface area contributed by atoms with Crippen LogP contribution in [0.4, 0.5) is 4.39 Å². The van der Waals surface area contributed by atoms with Gasteiger partial charge >= 0.3 is 0 Å². The number of hydrogen-bond donors (Lipinski definition) is 1. The molecule has 0 spiro atoms. The fourth-order valence-corrected chi connectivity index (χ4v) is 2.60. The molecular formula is C13H13FN2O3S. The summed E-state index contributed by atoms with van der Waals surface area (Å²) in [5, 5.41) is 0. The minimum absolute atomic E-state index is 0.120. The van der Waals surface area contributed by atoms with Crippen molar-refractivity contribution in [3.8, 4) is 0 Å². The van der Waals surface area contributed by atoms with Crippen molar-refractivity contribution in [2.45, 2.75) is 24.7 Å². The third kappa shape index (κ3) is 3.58. The van der Waals surface area contributed by atoms with Crippen LogP contribution in [0.15, 0.2) is 35.5 Å². The highest BCUT2D eigenvalue weighted by atomic mass is 32.2. The molecule has 0 aliphatic carbocycles. The largest absolute Gasteiger partial charge is 0.294 e. The van der Waals surface area contributed by atoms with Gasteiger partial charge in [0.25, 0.3) is 10.1 Å². The van der Waals surface area contributed by atoms with E-state index in [0.717, 1.165) is 18.0 Å². The molecule has 0 saturated heterocycles. The van der Waals surface area contributed by atoms with Crippen LogP contribution in [0.5, 0.6) is 0 Å². The van der Waals surface area contributed by atoms with Gasteiger partial charge in [0, 0.05) is 6.42 Å². The lowest BCUT2D eigenvalue weighted by molar-refractivity contribution is 0.482. The van der Waals surface area contributed by atoms with Crippen LogP contribution in [0.1, 0.15) is 17.0 Å². The molecule has 20 heavy (non-hydrogen) atoms. The smallest absolute Gasteiger partial charge is 0.282 e. The third-order valence-corrected chi connectivity index (χ3v) is 3.74. The molecule has 1 heterocycles. The maximum Gasteiger partial charge on any atom is 0.294 e. The average Bonchev–Trinajstić information content (AvgIpc) is 2.36. The zero-order valence-electron chi connectivity index (χ0n) is 10.7. The number of aromatic nitrogens is 2. The molecule has 106 valence electrons. The lowest BCUT2D eigenvalue weighted by atomic mass is 10.1. The van der Waals surface area contributed by atoms with Gasteiger partial charge in [-0.1, -0.05) is 17.7 Å². The summed E-state index contributed by atoms with van der Waals surface area (Å²) in [6, 6.07) is 4.67. The maximum absolute atomic E-state index is 12.7. The second-order valence-electron chi connectivity index (χ2n) is 4.40. The van der Waals surface area contributed by atoms with Gasteiger partial charge < -0.3 is 0 Å². The van der Waals surface area contributed by atoms with Crippen molar-refractivity contribution >= 4 is 10.1 Å². The standard InChI is InChI=1S/C13H13FN2O3S/c1-9-2-4-12(20(17,18)19)10(6-9)3-5-13-15-7-11(14)8-16-13/h2,4,6-8H,3,5H2,1H3,(H,17,18,19). The van der Waals surface area contributed by atoms with Crippen molar-refractivity contribution in [2.24, 2.45) is 0 Å². The Kier molecular flexibility index (Phi) is 4.10. The first-order chi connectivity index (χ1) is 9.36. The van der Waals surface area contributed by atoms with Crippen LogP contribution in [-0.4, -0.2) is 22.9 Å². The number of halogens is 1. The van der Waals surface area contributed by atoms with E-state index in [9.17, 15) is 17.4 Å². The average molecular weight is 296 g/mol. The van der Waals surface area contributed by atoms with Gasteiger partial charge in [-0.2, -0.15) is 8.42 Å². The molecule has 0 amide bonds. The third-order valence-electron chi connectivity index (χ3n) is 2.79. The molecule has 1 aromatic heterocycles. The predicted molar refractivity (Wildman–Crippen MR) is 70.4 cm³/mol. The van der Waals surface area contributed by atoms with E-state index in [2.05, 4.69) is 9.97 Å². The molecule has 7 heteroatoms. The zero-order valence-corrected chi connectivity index (χ0v) is 11.6. The Hall–Kier alpha value is -1.86. The summed E-state index contributed by atoms with van der Waals surface area (Å²) < 4.78 is 44.5. The van der Waals surface area contributed by atoms with Crippen molar-refractivity contribution in [2.75, 3.05) is 0 Å². The molecule has 2 rings (SSSR count). The van der Waals surface area contributed by atoms with Crippen LogP contribution >= 0.6 is 0 Å². The van der Waals surface area contributed by atoms with Crippen molar-refractivity contribution < 1.29 is 17.4 Å². The second kappa shape index (κ2) is 5.64. The number of benzene rings is 1. The molecule has 1 N–H and O–H groups in total. The molecule has 2 aromatic rings. The van der Waals surface area contributed by atoms with E-state index >= 15 is 0 Å². The molecule has 0 aliphatic rings. The van der Waals surface area contributed by atoms with Gasteiger partial charge in [-0.3, -0.25) is 4.55 Å². The predicted octanol–water partition coefficient (Wildman–Crippen LogP) is 1.96. The first-order valence-electron chi connectivity index (χ1n) is 5.90. The molecular weight excluding hydrogens is 283 g/mol. The van der Waals surface area contributed by atoms with E-state index in [1.807, 2.05) is 6.92 Å². The summed E-state index contributed by atoms with van der Waals surface area (Å²) >= 11 is 0. The van der Waals surface area contributed by atoms with Gasteiger partial charge in [-0.15, -0.1) is 0 Å². The number of aryl methyl sites for hydroxylation is 3. The highest BCUT2D eigenvalue weighted by molar-refractivity contribution is 7.85. The Labute approximate surface area is 116 Å². The Bertz CT molecular complexity index is 715. The van der Waals surface area contributed by atoms with Gasteiger partial charge in [0.15, 0.2) is 5.82 Å². The number of nitrogens with zero attached hydrogens (tertiary/aromatic N) is 2. The first-order valence-corrected chi connectivity index (χ1v) is 7.34. The Balaban J connectivity index is 2.25. The lowest BCUT2D eigenvalue weighted by Crippen LogP contribution is -2.06. The van der Waals surface area contributed by atoms with Crippen LogP contribution in [-0.2, 0) is 23.0 Å². The molecule has 0 bridgehead atoms. The van der Waals surface area contributed by atoms with Crippen LogP contribution in [0.3, 0.4) is 0 Å². The van der Waals surface area contributed by atoms with Gasteiger partial charge in [0.2, 0.25) is 0 Å². The molecule has 0 unspecified atom stereocenters. The molecule has 0 radical (unpaired) electrons. The highest BCUT2D eigenvalue weighted by Crippen LogP contribution is 2.18. The number of hydrogen-bond acceptors (Lipinski definition) is 4. The zero-order chi connectivity index (χ0) is 14.8. The first kappa shape index (κ1) is 14.5. The summed E-state index contributed by atoms with van der Waals surface area (Å²) in [6.45, 7) is 1.83. The van der Waals surface area contributed by atoms with E-state index in [-0.39, 0.29) is 4.90 Å². The molecule has 0 atom stereocenters. The summed E-state index contributed by atoms with van der Waals surface area (Å²) in [7, 11) is -4.26. The Morgan fingerprint density at radius 3 is 2.45 bits per heavy atom. The van der Waals surface area contributed by atoms with Gasteiger partial charge in [-0.25, -0.2) is 14.4 Å². The second-order valence-corrected chi connectivity index (χ2v) is 5.79. The molecule has 0 aliphatic heterocycles. The minimum atomic E-state index is -4.26. The van der Waals surface area contributed by atoms with Crippen molar-refractivity contribution in [3.05, 3.63) is 53.4 Å². The fraction of sp³-hybridized carbons (Fsp3) is 0.231. The Morgan fingerprint density at radius 2 is 1.85 bits per heavy atom. The van der Waals surface area contributed by atoms with E-state index < -0.39 is 15.9 Å². The van der Waals surface area contributed by atoms with Crippen LogP contribution in [0.25, 0.3) is 0 Å². The minimum Gasteiger partial charge on any atom is -0.282 e. The Morgan fingerprint density at radius 1 is 1.20 bits per heavy atom. The van der Waals surface area contributed by atoms with Crippen LogP contribution < -0.4 is 0 Å².